The van der Waals surface area contributed by atoms with Crippen molar-refractivity contribution in [3.63, 3.8) is 0 Å². The van der Waals surface area contributed by atoms with Crippen LogP contribution in [0.25, 0.3) is 6.08 Å². The number of carbonyl (C=O) groups is 1. The monoisotopic (exact) mass is 416 g/mol. The third-order valence-electron chi connectivity index (χ3n) is 5.82. The fourth-order valence-corrected chi connectivity index (χ4v) is 4.25. The molecule has 1 fully saturated rings. The molecule has 0 N–H and O–H groups in total. The highest BCUT2D eigenvalue weighted by atomic mass is 19.1. The summed E-state index contributed by atoms with van der Waals surface area (Å²) in [5.74, 6) is -2.63. The Bertz CT molecular complexity index is 905. The van der Waals surface area contributed by atoms with E-state index in [0.717, 1.165) is 49.3 Å². The minimum atomic E-state index is -0.983. The molecule has 0 unspecified atom stereocenters. The van der Waals surface area contributed by atoms with Gasteiger partial charge in [-0.2, -0.15) is 0 Å². The van der Waals surface area contributed by atoms with Gasteiger partial charge < -0.3 is 4.74 Å². The highest BCUT2D eigenvalue weighted by molar-refractivity contribution is 5.91. The molecule has 30 heavy (non-hydrogen) atoms. The van der Waals surface area contributed by atoms with Crippen LogP contribution in [0.4, 0.5) is 13.2 Å². The van der Waals surface area contributed by atoms with Crippen LogP contribution < -0.4 is 4.74 Å². The number of hydrogen-bond donors (Lipinski definition) is 0. The number of esters is 1. The molecule has 5 heteroatoms. The molecule has 0 heterocycles. The van der Waals surface area contributed by atoms with Crippen molar-refractivity contribution in [2.24, 2.45) is 5.92 Å². The zero-order chi connectivity index (χ0) is 21.7. The van der Waals surface area contributed by atoms with E-state index in [0.29, 0.717) is 5.92 Å². The van der Waals surface area contributed by atoms with Crippen molar-refractivity contribution in [2.75, 3.05) is 0 Å². The van der Waals surface area contributed by atoms with Gasteiger partial charge in [-0.05, 0) is 62.1 Å². The maximum absolute atomic E-state index is 14.6. The van der Waals surface area contributed by atoms with Crippen LogP contribution in [0.15, 0.2) is 36.4 Å². The van der Waals surface area contributed by atoms with E-state index in [1.54, 1.807) is 13.0 Å². The van der Waals surface area contributed by atoms with Gasteiger partial charge in [0.25, 0.3) is 0 Å². The molecule has 0 spiro atoms. The van der Waals surface area contributed by atoms with Crippen LogP contribution in [0.1, 0.15) is 79.8 Å². The Morgan fingerprint density at radius 2 is 1.70 bits per heavy atom. The van der Waals surface area contributed by atoms with Gasteiger partial charge in [0, 0.05) is 17.7 Å². The summed E-state index contributed by atoms with van der Waals surface area (Å²) in [6.45, 7) is 3.83. The smallest absolute Gasteiger partial charge is 0.346 e. The SMILES string of the molecule is C/C=C/c1c(F)cc(OC(=O)c2ccc(C3CCC(CCC)CC3)cc2F)cc1F. The molecule has 2 nitrogen and oxygen atoms in total. The summed E-state index contributed by atoms with van der Waals surface area (Å²) in [4.78, 5) is 12.3. The molecular weight excluding hydrogens is 389 g/mol. The lowest BCUT2D eigenvalue weighted by Crippen LogP contribution is -2.15. The van der Waals surface area contributed by atoms with Crippen LogP contribution in [0.3, 0.4) is 0 Å². The molecule has 0 bridgehead atoms. The summed E-state index contributed by atoms with van der Waals surface area (Å²) < 4.78 is 47.7. The van der Waals surface area contributed by atoms with Gasteiger partial charge in [0.15, 0.2) is 0 Å². The van der Waals surface area contributed by atoms with Gasteiger partial charge >= 0.3 is 5.97 Å². The minimum Gasteiger partial charge on any atom is -0.423 e. The molecular formula is C25H27F3O2. The van der Waals surface area contributed by atoms with Gasteiger partial charge in [0.05, 0.1) is 5.56 Å². The average Bonchev–Trinajstić information content (AvgIpc) is 2.71. The summed E-state index contributed by atoms with van der Waals surface area (Å²) in [5, 5.41) is 0. The third-order valence-corrected chi connectivity index (χ3v) is 5.82. The van der Waals surface area contributed by atoms with Crippen molar-refractivity contribution in [3.8, 4) is 5.75 Å². The predicted molar refractivity (Wildman–Crippen MR) is 112 cm³/mol. The van der Waals surface area contributed by atoms with Crippen molar-refractivity contribution >= 4 is 12.0 Å². The normalized spacial score (nSPS) is 19.2. The van der Waals surface area contributed by atoms with E-state index >= 15 is 0 Å². The molecule has 0 saturated heterocycles. The molecule has 160 valence electrons. The minimum absolute atomic E-state index is 0.221. The Morgan fingerprint density at radius 3 is 2.27 bits per heavy atom. The van der Waals surface area contributed by atoms with Gasteiger partial charge in [-0.15, -0.1) is 0 Å². The van der Waals surface area contributed by atoms with E-state index in [2.05, 4.69) is 6.92 Å². The number of allylic oxidation sites excluding steroid dienone is 1. The number of hydrogen-bond acceptors (Lipinski definition) is 2. The zero-order valence-electron chi connectivity index (χ0n) is 17.4. The quantitative estimate of drug-likeness (QED) is 0.361. The second-order valence-electron chi connectivity index (χ2n) is 7.94. The Balaban J connectivity index is 1.70. The fourth-order valence-electron chi connectivity index (χ4n) is 4.25. The van der Waals surface area contributed by atoms with Gasteiger partial charge in [-0.3, -0.25) is 0 Å². The second kappa shape index (κ2) is 9.96. The van der Waals surface area contributed by atoms with E-state index in [1.165, 1.54) is 37.1 Å². The van der Waals surface area contributed by atoms with E-state index in [9.17, 15) is 18.0 Å². The number of halogens is 3. The molecule has 0 amide bonds. The van der Waals surface area contributed by atoms with E-state index < -0.39 is 23.4 Å². The fraction of sp³-hybridized carbons (Fsp3) is 0.400. The van der Waals surface area contributed by atoms with E-state index in [1.807, 2.05) is 0 Å². The van der Waals surface area contributed by atoms with Crippen molar-refractivity contribution in [1.82, 2.24) is 0 Å². The van der Waals surface area contributed by atoms with Gasteiger partial charge in [-0.1, -0.05) is 38.0 Å². The highest BCUT2D eigenvalue weighted by Gasteiger charge is 2.24. The van der Waals surface area contributed by atoms with Crippen molar-refractivity contribution in [3.05, 3.63) is 70.5 Å². The maximum Gasteiger partial charge on any atom is 0.346 e. The number of rotatable bonds is 6. The largest absolute Gasteiger partial charge is 0.423 e. The topological polar surface area (TPSA) is 26.3 Å². The molecule has 0 radical (unpaired) electrons. The van der Waals surface area contributed by atoms with Crippen LogP contribution in [0.5, 0.6) is 5.75 Å². The van der Waals surface area contributed by atoms with Crippen molar-refractivity contribution < 1.29 is 22.7 Å². The molecule has 0 aliphatic heterocycles. The molecule has 2 aromatic rings. The first kappa shape index (κ1) is 22.1. The maximum atomic E-state index is 14.6. The highest BCUT2D eigenvalue weighted by Crippen LogP contribution is 2.38. The summed E-state index contributed by atoms with van der Waals surface area (Å²) in [7, 11) is 0. The molecule has 2 aromatic carbocycles. The summed E-state index contributed by atoms with van der Waals surface area (Å²) in [6.07, 6.45) is 9.53. The molecule has 1 aliphatic rings. The van der Waals surface area contributed by atoms with Gasteiger partial charge in [-0.25, -0.2) is 18.0 Å². The number of ether oxygens (including phenoxy) is 1. The van der Waals surface area contributed by atoms with Gasteiger partial charge in [0.1, 0.15) is 23.2 Å². The molecule has 1 saturated carbocycles. The molecule has 0 atom stereocenters. The lowest BCUT2D eigenvalue weighted by atomic mass is 9.77. The predicted octanol–water partition coefficient (Wildman–Crippen LogP) is 7.43. The summed E-state index contributed by atoms with van der Waals surface area (Å²) in [5.41, 5.74) is 0.407. The van der Waals surface area contributed by atoms with Crippen molar-refractivity contribution in [1.29, 1.82) is 0 Å². The molecule has 1 aliphatic carbocycles. The standard InChI is InChI=1S/C25H27F3O2/c1-3-5-16-7-9-17(10-8-16)18-11-12-21(22(26)13-18)25(29)30-19-14-23(27)20(6-4-2)24(28)15-19/h4,6,11-17H,3,5,7-10H2,1-2H3/b6-4+. The van der Waals surface area contributed by atoms with Crippen LogP contribution >= 0.6 is 0 Å². The lowest BCUT2D eigenvalue weighted by Gasteiger charge is -2.28. The first-order valence-electron chi connectivity index (χ1n) is 10.6. The Morgan fingerprint density at radius 1 is 1.03 bits per heavy atom. The van der Waals surface area contributed by atoms with Crippen molar-refractivity contribution in [2.45, 2.75) is 58.3 Å². The molecule has 3 rings (SSSR count). The van der Waals surface area contributed by atoms with E-state index in [4.69, 9.17) is 4.74 Å². The first-order valence-corrected chi connectivity index (χ1v) is 10.6. The third kappa shape index (κ3) is 5.13. The lowest BCUT2D eigenvalue weighted by molar-refractivity contribution is 0.0729. The zero-order valence-corrected chi connectivity index (χ0v) is 17.4. The first-order chi connectivity index (χ1) is 14.4. The summed E-state index contributed by atoms with van der Waals surface area (Å²) >= 11 is 0. The molecule has 0 aromatic heterocycles. The summed E-state index contributed by atoms with van der Waals surface area (Å²) in [6, 6.07) is 6.36. The van der Waals surface area contributed by atoms with Gasteiger partial charge in [0.2, 0.25) is 0 Å². The Labute approximate surface area is 175 Å². The average molecular weight is 416 g/mol. The van der Waals surface area contributed by atoms with E-state index in [-0.39, 0.29) is 16.9 Å². The number of carbonyl (C=O) groups excluding carboxylic acids is 1. The van der Waals surface area contributed by atoms with Crippen LogP contribution in [-0.4, -0.2) is 5.97 Å². The Hall–Kier alpha value is -2.56. The van der Waals surface area contributed by atoms with Crippen LogP contribution in [-0.2, 0) is 0 Å². The number of benzene rings is 2. The van der Waals surface area contributed by atoms with Crippen LogP contribution in [0, 0.1) is 23.4 Å². The second-order valence-corrected chi connectivity index (χ2v) is 7.94. The van der Waals surface area contributed by atoms with Crippen LogP contribution in [0.2, 0.25) is 0 Å². The Kier molecular flexibility index (Phi) is 7.35.